The fraction of sp³-hybridized carbons (Fsp3) is 0.357. The number of amides is 1. The summed E-state index contributed by atoms with van der Waals surface area (Å²) in [5, 5.41) is 2.44. The monoisotopic (exact) mass is 231 g/mol. The molecule has 0 radical (unpaired) electrons. The number of terminal acetylenes is 1. The van der Waals surface area contributed by atoms with Crippen molar-refractivity contribution in [3.63, 3.8) is 0 Å². The lowest BCUT2D eigenvalue weighted by Gasteiger charge is -2.05. The van der Waals surface area contributed by atoms with E-state index in [1.54, 1.807) is 0 Å². The van der Waals surface area contributed by atoms with Crippen molar-refractivity contribution in [2.24, 2.45) is 0 Å². The number of carbonyl (C=O) groups is 1. The quantitative estimate of drug-likeness (QED) is 0.623. The molecule has 0 spiro atoms. The van der Waals surface area contributed by atoms with E-state index in [-0.39, 0.29) is 6.54 Å². The lowest BCUT2D eigenvalue weighted by molar-refractivity contribution is 0.146. The van der Waals surface area contributed by atoms with Crippen LogP contribution in [0, 0.1) is 19.3 Å². The second-order valence-electron chi connectivity index (χ2n) is 3.78. The van der Waals surface area contributed by atoms with Crippen LogP contribution in [0.25, 0.3) is 0 Å². The van der Waals surface area contributed by atoms with Gasteiger partial charge in [-0.25, -0.2) is 4.79 Å². The van der Waals surface area contributed by atoms with E-state index in [9.17, 15) is 4.79 Å². The minimum Gasteiger partial charge on any atom is -0.450 e. The topological polar surface area (TPSA) is 38.3 Å². The molecule has 3 heteroatoms. The standard InChI is InChI=1S/C14H17NO2/c1-3-10-15-14(16)17-11-4-5-13-8-6-12(2)7-9-13/h1,6-9H,4-5,10-11H2,2H3,(H,15,16). The second-order valence-corrected chi connectivity index (χ2v) is 3.78. The fourth-order valence-corrected chi connectivity index (χ4v) is 1.37. The molecule has 0 aliphatic rings. The van der Waals surface area contributed by atoms with Crippen molar-refractivity contribution in [2.75, 3.05) is 13.2 Å². The predicted octanol–water partition coefficient (Wildman–Crippen LogP) is 2.29. The van der Waals surface area contributed by atoms with Gasteiger partial charge in [0, 0.05) is 0 Å². The highest BCUT2D eigenvalue weighted by molar-refractivity contribution is 5.67. The van der Waals surface area contributed by atoms with Crippen LogP contribution in [-0.4, -0.2) is 19.2 Å². The Morgan fingerprint density at radius 2 is 2.12 bits per heavy atom. The van der Waals surface area contributed by atoms with E-state index in [4.69, 9.17) is 11.2 Å². The molecule has 0 saturated heterocycles. The van der Waals surface area contributed by atoms with E-state index in [2.05, 4.69) is 42.4 Å². The number of benzene rings is 1. The molecule has 0 aliphatic heterocycles. The van der Waals surface area contributed by atoms with Crippen LogP contribution in [0.15, 0.2) is 24.3 Å². The van der Waals surface area contributed by atoms with E-state index >= 15 is 0 Å². The zero-order valence-electron chi connectivity index (χ0n) is 10.0. The van der Waals surface area contributed by atoms with Gasteiger partial charge in [-0.1, -0.05) is 35.7 Å². The van der Waals surface area contributed by atoms with Gasteiger partial charge in [-0.2, -0.15) is 0 Å². The number of aryl methyl sites for hydroxylation is 2. The molecule has 0 atom stereocenters. The third kappa shape index (κ3) is 5.62. The van der Waals surface area contributed by atoms with Crippen molar-refractivity contribution in [1.82, 2.24) is 5.32 Å². The van der Waals surface area contributed by atoms with E-state index < -0.39 is 6.09 Å². The van der Waals surface area contributed by atoms with Gasteiger partial charge in [0.2, 0.25) is 0 Å². The highest BCUT2D eigenvalue weighted by Gasteiger charge is 1.99. The van der Waals surface area contributed by atoms with Gasteiger partial charge in [-0.05, 0) is 25.3 Å². The molecular formula is C14H17NO2. The Balaban J connectivity index is 2.14. The molecular weight excluding hydrogens is 214 g/mol. The highest BCUT2D eigenvalue weighted by Crippen LogP contribution is 2.05. The van der Waals surface area contributed by atoms with Crippen LogP contribution in [0.2, 0.25) is 0 Å². The Morgan fingerprint density at radius 1 is 1.41 bits per heavy atom. The number of ether oxygens (including phenoxy) is 1. The van der Waals surface area contributed by atoms with Crippen LogP contribution >= 0.6 is 0 Å². The maximum Gasteiger partial charge on any atom is 0.407 e. The largest absolute Gasteiger partial charge is 0.450 e. The predicted molar refractivity (Wildman–Crippen MR) is 67.7 cm³/mol. The lowest BCUT2D eigenvalue weighted by atomic mass is 10.1. The van der Waals surface area contributed by atoms with E-state index in [1.807, 2.05) is 0 Å². The zero-order chi connectivity index (χ0) is 12.5. The Hall–Kier alpha value is -1.95. The van der Waals surface area contributed by atoms with Gasteiger partial charge in [0.1, 0.15) is 0 Å². The van der Waals surface area contributed by atoms with Crippen molar-refractivity contribution in [3.8, 4) is 12.3 Å². The van der Waals surface area contributed by atoms with Gasteiger partial charge < -0.3 is 10.1 Å². The van der Waals surface area contributed by atoms with Crippen molar-refractivity contribution in [3.05, 3.63) is 35.4 Å². The summed E-state index contributed by atoms with van der Waals surface area (Å²) in [6, 6.07) is 8.34. The minimum absolute atomic E-state index is 0.205. The molecule has 3 nitrogen and oxygen atoms in total. The Kier molecular flexibility index (Phi) is 5.67. The zero-order valence-corrected chi connectivity index (χ0v) is 10.0. The average molecular weight is 231 g/mol. The van der Waals surface area contributed by atoms with E-state index in [0.717, 1.165) is 12.8 Å². The first kappa shape index (κ1) is 13.1. The molecule has 1 rings (SSSR count). The van der Waals surface area contributed by atoms with Crippen LogP contribution < -0.4 is 5.32 Å². The first-order valence-corrected chi connectivity index (χ1v) is 5.62. The molecule has 0 aliphatic carbocycles. The smallest absolute Gasteiger partial charge is 0.407 e. The highest BCUT2D eigenvalue weighted by atomic mass is 16.5. The third-order valence-electron chi connectivity index (χ3n) is 2.30. The SMILES string of the molecule is C#CCNC(=O)OCCCc1ccc(C)cc1. The summed E-state index contributed by atoms with van der Waals surface area (Å²) < 4.78 is 4.94. The van der Waals surface area contributed by atoms with Crippen molar-refractivity contribution in [1.29, 1.82) is 0 Å². The van der Waals surface area contributed by atoms with Gasteiger partial charge in [-0.15, -0.1) is 6.42 Å². The lowest BCUT2D eigenvalue weighted by Crippen LogP contribution is -2.24. The molecule has 1 amide bonds. The van der Waals surface area contributed by atoms with Crippen molar-refractivity contribution in [2.45, 2.75) is 19.8 Å². The first-order chi connectivity index (χ1) is 8.22. The summed E-state index contributed by atoms with van der Waals surface area (Å²) in [5.41, 5.74) is 2.50. The molecule has 0 unspecified atom stereocenters. The summed E-state index contributed by atoms with van der Waals surface area (Å²) in [5.74, 6) is 2.31. The normalized spacial score (nSPS) is 9.41. The molecule has 0 bridgehead atoms. The molecule has 17 heavy (non-hydrogen) atoms. The van der Waals surface area contributed by atoms with Crippen molar-refractivity contribution < 1.29 is 9.53 Å². The van der Waals surface area contributed by atoms with Gasteiger partial charge >= 0.3 is 6.09 Å². The Morgan fingerprint density at radius 3 is 2.76 bits per heavy atom. The summed E-state index contributed by atoms with van der Waals surface area (Å²) in [6.07, 6.45) is 6.27. The van der Waals surface area contributed by atoms with Crippen LogP contribution in [0.3, 0.4) is 0 Å². The maximum absolute atomic E-state index is 11.0. The fourth-order valence-electron chi connectivity index (χ4n) is 1.37. The second kappa shape index (κ2) is 7.34. The molecule has 1 aromatic carbocycles. The third-order valence-corrected chi connectivity index (χ3v) is 2.30. The molecule has 0 heterocycles. The number of alkyl carbamates (subject to hydrolysis) is 1. The summed E-state index contributed by atoms with van der Waals surface area (Å²) >= 11 is 0. The summed E-state index contributed by atoms with van der Waals surface area (Å²) in [7, 11) is 0. The molecule has 0 aromatic heterocycles. The van der Waals surface area contributed by atoms with Crippen LogP contribution in [0.4, 0.5) is 4.79 Å². The van der Waals surface area contributed by atoms with Gasteiger partial charge in [0.25, 0.3) is 0 Å². The van der Waals surface area contributed by atoms with E-state index in [0.29, 0.717) is 6.61 Å². The van der Waals surface area contributed by atoms with Gasteiger partial charge in [0.15, 0.2) is 0 Å². The minimum atomic E-state index is -0.452. The summed E-state index contributed by atoms with van der Waals surface area (Å²) in [4.78, 5) is 11.0. The molecule has 0 fully saturated rings. The number of rotatable bonds is 5. The number of nitrogens with one attached hydrogen (secondary N) is 1. The molecule has 0 saturated carbocycles. The molecule has 1 N–H and O–H groups in total. The van der Waals surface area contributed by atoms with E-state index in [1.165, 1.54) is 11.1 Å². The first-order valence-electron chi connectivity index (χ1n) is 5.62. The molecule has 90 valence electrons. The summed E-state index contributed by atoms with van der Waals surface area (Å²) in [6.45, 7) is 2.67. The van der Waals surface area contributed by atoms with Crippen LogP contribution in [0.1, 0.15) is 17.5 Å². The number of carbonyl (C=O) groups excluding carboxylic acids is 1. The maximum atomic E-state index is 11.0. The molecule has 1 aromatic rings. The van der Waals surface area contributed by atoms with Crippen molar-refractivity contribution >= 4 is 6.09 Å². The van der Waals surface area contributed by atoms with Gasteiger partial charge in [0.05, 0.1) is 13.2 Å². The Labute approximate surface area is 102 Å². The van der Waals surface area contributed by atoms with Crippen LogP contribution in [0.5, 0.6) is 0 Å². The Bertz CT molecular complexity index is 390. The van der Waals surface area contributed by atoms with Gasteiger partial charge in [-0.3, -0.25) is 0 Å². The number of hydrogen-bond acceptors (Lipinski definition) is 2. The number of hydrogen-bond donors (Lipinski definition) is 1. The average Bonchev–Trinajstić information content (AvgIpc) is 2.34. The van der Waals surface area contributed by atoms with Crippen LogP contribution in [-0.2, 0) is 11.2 Å².